The molecule has 2 rings (SSSR count). The van der Waals surface area contributed by atoms with Crippen LogP contribution in [-0.4, -0.2) is 35.4 Å². The number of hydrogen-bond acceptors (Lipinski definition) is 3. The van der Waals surface area contributed by atoms with Crippen molar-refractivity contribution >= 4 is 27.7 Å². The SMILES string of the molecule is CC[C@H](C(=O)NC(C)C)N(Cc1ccccc1C)C(=O)COc1ccc(Br)c(C)c1. The molecule has 0 saturated carbocycles. The molecule has 2 aromatic carbocycles. The molecule has 0 unspecified atom stereocenters. The third kappa shape index (κ3) is 6.59. The third-order valence-electron chi connectivity index (χ3n) is 4.91. The molecule has 0 radical (unpaired) electrons. The first-order chi connectivity index (χ1) is 14.2. The Kier molecular flexibility index (Phi) is 8.90. The summed E-state index contributed by atoms with van der Waals surface area (Å²) in [5.74, 6) is 0.262. The monoisotopic (exact) mass is 474 g/mol. The first kappa shape index (κ1) is 23.9. The molecule has 2 aromatic rings. The van der Waals surface area contributed by atoms with Gasteiger partial charge in [0.2, 0.25) is 5.91 Å². The van der Waals surface area contributed by atoms with Crippen LogP contribution in [0.4, 0.5) is 0 Å². The normalized spacial score (nSPS) is 11.8. The zero-order valence-corrected chi connectivity index (χ0v) is 20.0. The number of halogens is 1. The first-order valence-corrected chi connectivity index (χ1v) is 11.1. The molecule has 0 fully saturated rings. The van der Waals surface area contributed by atoms with E-state index in [9.17, 15) is 9.59 Å². The van der Waals surface area contributed by atoms with Gasteiger partial charge in [0.15, 0.2) is 6.61 Å². The van der Waals surface area contributed by atoms with E-state index in [0.29, 0.717) is 18.7 Å². The number of carbonyl (C=O) groups excluding carboxylic acids is 2. The lowest BCUT2D eigenvalue weighted by atomic mass is 10.1. The van der Waals surface area contributed by atoms with E-state index in [1.807, 2.05) is 77.1 Å². The van der Waals surface area contributed by atoms with E-state index in [4.69, 9.17) is 4.74 Å². The van der Waals surface area contributed by atoms with Crippen LogP contribution in [0, 0.1) is 13.8 Å². The number of rotatable bonds is 9. The van der Waals surface area contributed by atoms with Crippen LogP contribution in [0.3, 0.4) is 0 Å². The standard InChI is InChI=1S/C24H31BrN2O3/c1-6-22(24(29)26-16(2)3)27(14-19-10-8-7-9-17(19)4)23(28)15-30-20-11-12-21(25)18(5)13-20/h7-13,16,22H,6,14-15H2,1-5H3,(H,26,29)/t22-/m1/s1. The van der Waals surface area contributed by atoms with Crippen LogP contribution >= 0.6 is 15.9 Å². The van der Waals surface area contributed by atoms with Gasteiger partial charge in [0.05, 0.1) is 0 Å². The Labute approximate surface area is 187 Å². The van der Waals surface area contributed by atoms with E-state index in [1.54, 1.807) is 4.90 Å². The quantitative estimate of drug-likeness (QED) is 0.568. The van der Waals surface area contributed by atoms with E-state index in [-0.39, 0.29) is 24.5 Å². The second-order valence-corrected chi connectivity index (χ2v) is 8.59. The lowest BCUT2D eigenvalue weighted by molar-refractivity contribution is -0.143. The molecule has 0 aromatic heterocycles. The van der Waals surface area contributed by atoms with Crippen molar-refractivity contribution in [3.8, 4) is 5.75 Å². The zero-order chi connectivity index (χ0) is 22.3. The molecule has 30 heavy (non-hydrogen) atoms. The Balaban J connectivity index is 2.23. The van der Waals surface area contributed by atoms with Crippen LogP contribution in [0.2, 0.25) is 0 Å². The van der Waals surface area contributed by atoms with Gasteiger partial charge in [-0.25, -0.2) is 0 Å². The van der Waals surface area contributed by atoms with Gasteiger partial charge in [-0.05, 0) is 69.0 Å². The summed E-state index contributed by atoms with van der Waals surface area (Å²) < 4.78 is 6.75. The van der Waals surface area contributed by atoms with Crippen LogP contribution in [0.15, 0.2) is 46.9 Å². The minimum absolute atomic E-state index is 0.00366. The molecule has 162 valence electrons. The second kappa shape index (κ2) is 11.2. The molecule has 0 spiro atoms. The Bertz CT molecular complexity index is 883. The highest BCUT2D eigenvalue weighted by Gasteiger charge is 2.29. The molecule has 0 aliphatic carbocycles. The molecule has 1 N–H and O–H groups in total. The fourth-order valence-electron chi connectivity index (χ4n) is 3.21. The zero-order valence-electron chi connectivity index (χ0n) is 18.4. The molecule has 6 heteroatoms. The van der Waals surface area contributed by atoms with Crippen molar-refractivity contribution in [2.45, 2.75) is 59.7 Å². The molecular formula is C24H31BrN2O3. The predicted octanol–water partition coefficient (Wildman–Crippen LogP) is 4.78. The summed E-state index contributed by atoms with van der Waals surface area (Å²) in [4.78, 5) is 27.6. The Morgan fingerprint density at radius 2 is 1.80 bits per heavy atom. The average molecular weight is 475 g/mol. The number of nitrogens with one attached hydrogen (secondary N) is 1. The highest BCUT2D eigenvalue weighted by atomic mass is 79.9. The van der Waals surface area contributed by atoms with Crippen molar-refractivity contribution in [3.05, 3.63) is 63.6 Å². The third-order valence-corrected chi connectivity index (χ3v) is 5.80. The van der Waals surface area contributed by atoms with Crippen molar-refractivity contribution < 1.29 is 14.3 Å². The van der Waals surface area contributed by atoms with E-state index < -0.39 is 6.04 Å². The smallest absolute Gasteiger partial charge is 0.261 e. The van der Waals surface area contributed by atoms with Gasteiger partial charge in [-0.1, -0.05) is 47.1 Å². The lowest BCUT2D eigenvalue weighted by Gasteiger charge is -2.31. The van der Waals surface area contributed by atoms with Gasteiger partial charge in [-0.3, -0.25) is 9.59 Å². The van der Waals surface area contributed by atoms with Crippen molar-refractivity contribution in [1.82, 2.24) is 10.2 Å². The van der Waals surface area contributed by atoms with E-state index in [0.717, 1.165) is 21.2 Å². The summed E-state index contributed by atoms with van der Waals surface area (Å²) in [6, 6.07) is 12.9. The summed E-state index contributed by atoms with van der Waals surface area (Å²) in [5.41, 5.74) is 3.12. The van der Waals surface area contributed by atoms with Crippen LogP contribution in [0.5, 0.6) is 5.75 Å². The van der Waals surface area contributed by atoms with Crippen LogP contribution in [0.1, 0.15) is 43.9 Å². The minimum Gasteiger partial charge on any atom is -0.484 e. The van der Waals surface area contributed by atoms with Crippen molar-refractivity contribution in [3.63, 3.8) is 0 Å². The average Bonchev–Trinajstić information content (AvgIpc) is 2.69. The van der Waals surface area contributed by atoms with Gasteiger partial charge in [0.25, 0.3) is 5.91 Å². The van der Waals surface area contributed by atoms with Gasteiger partial charge in [-0.15, -0.1) is 0 Å². The number of hydrogen-bond donors (Lipinski definition) is 1. The van der Waals surface area contributed by atoms with Crippen molar-refractivity contribution in [2.24, 2.45) is 0 Å². The number of aryl methyl sites for hydroxylation is 2. The number of ether oxygens (including phenoxy) is 1. The summed E-state index contributed by atoms with van der Waals surface area (Å²) in [6.07, 6.45) is 0.521. The second-order valence-electron chi connectivity index (χ2n) is 7.74. The van der Waals surface area contributed by atoms with E-state index in [2.05, 4.69) is 21.2 Å². The van der Waals surface area contributed by atoms with Gasteiger partial charge >= 0.3 is 0 Å². The van der Waals surface area contributed by atoms with Crippen molar-refractivity contribution in [2.75, 3.05) is 6.61 Å². The molecule has 0 heterocycles. The Morgan fingerprint density at radius 3 is 2.40 bits per heavy atom. The Morgan fingerprint density at radius 1 is 1.10 bits per heavy atom. The van der Waals surface area contributed by atoms with Crippen molar-refractivity contribution in [1.29, 1.82) is 0 Å². The number of nitrogens with zero attached hydrogens (tertiary/aromatic N) is 1. The number of carbonyl (C=O) groups is 2. The molecular weight excluding hydrogens is 444 g/mol. The van der Waals surface area contributed by atoms with Crippen LogP contribution in [-0.2, 0) is 16.1 Å². The molecule has 5 nitrogen and oxygen atoms in total. The fraction of sp³-hybridized carbons (Fsp3) is 0.417. The van der Waals surface area contributed by atoms with E-state index in [1.165, 1.54) is 0 Å². The fourth-order valence-corrected chi connectivity index (χ4v) is 3.45. The van der Waals surface area contributed by atoms with Gasteiger partial charge in [0.1, 0.15) is 11.8 Å². The van der Waals surface area contributed by atoms with Gasteiger partial charge in [0, 0.05) is 17.1 Å². The highest BCUT2D eigenvalue weighted by Crippen LogP contribution is 2.22. The number of benzene rings is 2. The summed E-state index contributed by atoms with van der Waals surface area (Å²) >= 11 is 3.47. The van der Waals surface area contributed by atoms with E-state index >= 15 is 0 Å². The van der Waals surface area contributed by atoms with Crippen LogP contribution < -0.4 is 10.1 Å². The largest absolute Gasteiger partial charge is 0.484 e. The molecule has 0 aliphatic rings. The van der Waals surface area contributed by atoms with Gasteiger partial charge < -0.3 is 15.0 Å². The summed E-state index contributed by atoms with van der Waals surface area (Å²) in [6.45, 7) is 9.95. The highest BCUT2D eigenvalue weighted by molar-refractivity contribution is 9.10. The molecule has 0 saturated heterocycles. The van der Waals surface area contributed by atoms with Crippen LogP contribution in [0.25, 0.3) is 0 Å². The predicted molar refractivity (Wildman–Crippen MR) is 123 cm³/mol. The molecule has 0 bridgehead atoms. The Hall–Kier alpha value is -2.34. The first-order valence-electron chi connectivity index (χ1n) is 10.3. The maximum Gasteiger partial charge on any atom is 0.261 e. The minimum atomic E-state index is -0.560. The summed E-state index contributed by atoms with van der Waals surface area (Å²) in [5, 5.41) is 2.94. The molecule has 0 aliphatic heterocycles. The van der Waals surface area contributed by atoms with Gasteiger partial charge in [-0.2, -0.15) is 0 Å². The number of amides is 2. The lowest BCUT2D eigenvalue weighted by Crippen LogP contribution is -2.51. The maximum absolute atomic E-state index is 13.2. The molecule has 2 amide bonds. The topological polar surface area (TPSA) is 58.6 Å². The molecule has 1 atom stereocenters. The summed E-state index contributed by atoms with van der Waals surface area (Å²) in [7, 11) is 0. The maximum atomic E-state index is 13.2.